The quantitative estimate of drug-likeness (QED) is 0.584. The van der Waals surface area contributed by atoms with Crippen LogP contribution in [0.25, 0.3) is 0 Å². The first kappa shape index (κ1) is 19.3. The summed E-state index contributed by atoms with van der Waals surface area (Å²) in [7, 11) is 0. The molecule has 32 heavy (non-hydrogen) atoms. The molecule has 3 aliphatic rings. The highest BCUT2D eigenvalue weighted by atomic mass is 19.4. The lowest BCUT2D eigenvalue weighted by Gasteiger charge is -2.26. The first-order valence-corrected chi connectivity index (χ1v) is 10.4. The van der Waals surface area contributed by atoms with Crippen molar-refractivity contribution in [2.24, 2.45) is 0 Å². The van der Waals surface area contributed by atoms with E-state index in [4.69, 9.17) is 14.2 Å². The maximum Gasteiger partial charge on any atom is 0.418 e. The number of pyridine rings is 1. The number of para-hydroxylation sites is 1. The molecule has 3 aromatic rings. The molecule has 5 nitrogen and oxygen atoms in total. The van der Waals surface area contributed by atoms with Gasteiger partial charge in [-0.1, -0.05) is 18.2 Å². The van der Waals surface area contributed by atoms with Gasteiger partial charge in [0, 0.05) is 30.1 Å². The Morgan fingerprint density at radius 1 is 0.906 bits per heavy atom. The second kappa shape index (κ2) is 6.79. The molecule has 1 spiro atoms. The summed E-state index contributed by atoms with van der Waals surface area (Å²) in [6.07, 6.45) is -3.06. The third-order valence-corrected chi connectivity index (χ3v) is 6.39. The van der Waals surface area contributed by atoms with Gasteiger partial charge in [0.2, 0.25) is 0 Å². The zero-order valence-electron chi connectivity index (χ0n) is 17.0. The number of alkyl halides is 3. The van der Waals surface area contributed by atoms with Crippen LogP contribution in [-0.2, 0) is 18.1 Å². The first-order valence-electron chi connectivity index (χ1n) is 10.4. The van der Waals surface area contributed by atoms with Gasteiger partial charge in [-0.05, 0) is 29.8 Å². The third kappa shape index (κ3) is 2.82. The van der Waals surface area contributed by atoms with Gasteiger partial charge in [-0.3, -0.25) is 4.98 Å². The van der Waals surface area contributed by atoms with Gasteiger partial charge >= 0.3 is 6.18 Å². The minimum atomic E-state index is -4.46. The van der Waals surface area contributed by atoms with Crippen LogP contribution in [0.1, 0.15) is 22.4 Å². The number of nitrogens with zero attached hydrogens (tertiary/aromatic N) is 2. The highest BCUT2D eigenvalue weighted by molar-refractivity contribution is 5.70. The van der Waals surface area contributed by atoms with Gasteiger partial charge in [0.05, 0.1) is 23.2 Å². The largest absolute Gasteiger partial charge is 0.492 e. The van der Waals surface area contributed by atoms with E-state index in [-0.39, 0.29) is 12.2 Å². The molecule has 0 fully saturated rings. The summed E-state index contributed by atoms with van der Waals surface area (Å²) in [6, 6.07) is 14.0. The number of fused-ring (bicyclic) bond motifs is 5. The first-order chi connectivity index (χ1) is 15.5. The second-order valence-corrected chi connectivity index (χ2v) is 8.23. The van der Waals surface area contributed by atoms with Gasteiger partial charge in [-0.15, -0.1) is 0 Å². The number of ether oxygens (including phenoxy) is 3. The van der Waals surface area contributed by atoms with Gasteiger partial charge in [-0.2, -0.15) is 13.2 Å². The van der Waals surface area contributed by atoms with Gasteiger partial charge in [0.1, 0.15) is 25.6 Å². The summed E-state index contributed by atoms with van der Waals surface area (Å²) in [4.78, 5) is 6.03. The second-order valence-electron chi connectivity index (χ2n) is 8.23. The normalized spacial score (nSPS) is 20.8. The van der Waals surface area contributed by atoms with E-state index in [2.05, 4.69) is 4.98 Å². The van der Waals surface area contributed by atoms with Crippen molar-refractivity contribution in [2.45, 2.75) is 18.1 Å². The van der Waals surface area contributed by atoms with Crippen LogP contribution in [0.5, 0.6) is 17.2 Å². The molecular formula is C24H19F3N2O3. The summed E-state index contributed by atoms with van der Waals surface area (Å²) < 4.78 is 58.2. The standard InChI is InChI=1S/C24H19F3N2O3/c25-24(26,27)15-5-3-7-28-18(15)12-29-13-23(16-4-1-2-6-19(16)29)14-32-20-11-22-21(10-17(20)23)30-8-9-31-22/h1-7,10-11H,8-9,12-14H2. The molecule has 6 rings (SSSR count). The molecule has 0 saturated carbocycles. The van der Waals surface area contributed by atoms with E-state index >= 15 is 0 Å². The van der Waals surface area contributed by atoms with Crippen molar-refractivity contribution in [3.05, 3.63) is 77.1 Å². The number of rotatable bonds is 2. The average Bonchev–Trinajstić information content (AvgIpc) is 3.30. The number of benzene rings is 2. The molecule has 0 N–H and O–H groups in total. The van der Waals surface area contributed by atoms with Crippen LogP contribution in [0, 0.1) is 0 Å². The van der Waals surface area contributed by atoms with Crippen molar-refractivity contribution in [1.82, 2.24) is 4.98 Å². The van der Waals surface area contributed by atoms with Crippen LogP contribution in [0.3, 0.4) is 0 Å². The van der Waals surface area contributed by atoms with E-state index in [1.165, 1.54) is 12.3 Å². The fourth-order valence-electron chi connectivity index (χ4n) is 4.99. The summed E-state index contributed by atoms with van der Waals surface area (Å²) in [6.45, 7) is 1.88. The smallest absolute Gasteiger partial charge is 0.418 e. The van der Waals surface area contributed by atoms with Crippen molar-refractivity contribution in [3.63, 3.8) is 0 Å². The van der Waals surface area contributed by atoms with Crippen LogP contribution in [0.4, 0.5) is 18.9 Å². The van der Waals surface area contributed by atoms with Crippen LogP contribution in [-0.4, -0.2) is 31.3 Å². The van der Waals surface area contributed by atoms with Crippen molar-refractivity contribution in [2.75, 3.05) is 31.3 Å². The SMILES string of the molecule is FC(F)(F)c1cccnc1CN1CC2(COc3cc4c(cc32)OCCO4)c2ccccc21. The van der Waals surface area contributed by atoms with Gasteiger partial charge in [0.15, 0.2) is 11.5 Å². The van der Waals surface area contributed by atoms with Crippen molar-refractivity contribution in [1.29, 1.82) is 0 Å². The molecule has 3 aliphatic heterocycles. The van der Waals surface area contributed by atoms with E-state index in [0.717, 1.165) is 28.6 Å². The molecule has 0 amide bonds. The Morgan fingerprint density at radius 3 is 2.50 bits per heavy atom. The number of hydrogen-bond acceptors (Lipinski definition) is 5. The van der Waals surface area contributed by atoms with Crippen molar-refractivity contribution < 1.29 is 27.4 Å². The third-order valence-electron chi connectivity index (χ3n) is 6.39. The summed E-state index contributed by atoms with van der Waals surface area (Å²) in [5.74, 6) is 2.04. The Kier molecular flexibility index (Phi) is 4.09. The molecule has 4 heterocycles. The molecule has 1 aromatic heterocycles. The minimum Gasteiger partial charge on any atom is -0.492 e. The number of anilines is 1. The fraction of sp³-hybridized carbons (Fsp3) is 0.292. The number of aromatic nitrogens is 1. The number of halogens is 3. The molecule has 0 saturated heterocycles. The van der Waals surface area contributed by atoms with E-state index < -0.39 is 17.2 Å². The molecule has 0 radical (unpaired) electrons. The summed E-state index contributed by atoms with van der Waals surface area (Å²) >= 11 is 0. The lowest BCUT2D eigenvalue weighted by Crippen LogP contribution is -2.36. The summed E-state index contributed by atoms with van der Waals surface area (Å²) in [5, 5.41) is 0. The van der Waals surface area contributed by atoms with E-state index in [1.807, 2.05) is 41.3 Å². The highest BCUT2D eigenvalue weighted by Crippen LogP contribution is 2.54. The van der Waals surface area contributed by atoms with E-state index in [1.54, 1.807) is 0 Å². The van der Waals surface area contributed by atoms with Crippen LogP contribution in [0.2, 0.25) is 0 Å². The summed E-state index contributed by atoms with van der Waals surface area (Å²) in [5.41, 5.74) is 1.68. The Morgan fingerprint density at radius 2 is 1.69 bits per heavy atom. The molecule has 8 heteroatoms. The molecule has 0 aliphatic carbocycles. The molecule has 2 aromatic carbocycles. The molecule has 1 unspecified atom stereocenters. The van der Waals surface area contributed by atoms with Crippen molar-refractivity contribution >= 4 is 5.69 Å². The predicted molar refractivity (Wildman–Crippen MR) is 110 cm³/mol. The minimum absolute atomic E-state index is 0.00756. The maximum absolute atomic E-state index is 13.6. The van der Waals surface area contributed by atoms with E-state index in [0.29, 0.717) is 37.9 Å². The van der Waals surface area contributed by atoms with E-state index in [9.17, 15) is 13.2 Å². The predicted octanol–water partition coefficient (Wildman–Crippen LogP) is 4.57. The van der Waals surface area contributed by atoms with Crippen LogP contribution < -0.4 is 19.1 Å². The average molecular weight is 440 g/mol. The lowest BCUT2D eigenvalue weighted by atomic mass is 9.77. The lowest BCUT2D eigenvalue weighted by molar-refractivity contribution is -0.138. The Labute approximate surface area is 182 Å². The molecular weight excluding hydrogens is 421 g/mol. The Bertz CT molecular complexity index is 1210. The molecule has 164 valence electrons. The highest BCUT2D eigenvalue weighted by Gasteiger charge is 2.50. The maximum atomic E-state index is 13.6. The van der Waals surface area contributed by atoms with Crippen LogP contribution in [0.15, 0.2) is 54.7 Å². The zero-order chi connectivity index (χ0) is 21.9. The van der Waals surface area contributed by atoms with Gasteiger partial charge in [-0.25, -0.2) is 0 Å². The van der Waals surface area contributed by atoms with Crippen LogP contribution >= 0.6 is 0 Å². The monoisotopic (exact) mass is 440 g/mol. The Balaban J connectivity index is 1.43. The fourth-order valence-corrected chi connectivity index (χ4v) is 4.99. The van der Waals surface area contributed by atoms with Gasteiger partial charge < -0.3 is 19.1 Å². The van der Waals surface area contributed by atoms with Gasteiger partial charge in [0.25, 0.3) is 0 Å². The number of hydrogen-bond donors (Lipinski definition) is 0. The zero-order valence-corrected chi connectivity index (χ0v) is 17.0. The topological polar surface area (TPSA) is 43.8 Å². The Hall–Kier alpha value is -3.42. The molecule has 0 bridgehead atoms. The molecule has 1 atom stereocenters. The van der Waals surface area contributed by atoms with Crippen molar-refractivity contribution in [3.8, 4) is 17.2 Å².